The predicted molar refractivity (Wildman–Crippen MR) is 93.0 cm³/mol. The second kappa shape index (κ2) is 5.67. The van der Waals surface area contributed by atoms with Crippen molar-refractivity contribution in [2.45, 2.75) is 49.9 Å². The molecule has 0 radical (unpaired) electrons. The number of carbonyl (C=O) groups is 2. The molecule has 3 rings (SSSR count). The molecular weight excluding hydrogens is 363 g/mol. The van der Waals surface area contributed by atoms with Gasteiger partial charge in [0.15, 0.2) is 5.78 Å². The number of benzene rings is 1. The summed E-state index contributed by atoms with van der Waals surface area (Å²) in [5.41, 5.74) is -1.33. The van der Waals surface area contributed by atoms with E-state index in [0.29, 0.717) is 0 Å². The van der Waals surface area contributed by atoms with Crippen molar-refractivity contribution in [2.24, 2.45) is 0 Å². The zero-order valence-electron chi connectivity index (χ0n) is 14.8. The molecule has 142 valence electrons. The van der Waals surface area contributed by atoms with Crippen LogP contribution in [0.2, 0.25) is 0 Å². The molecule has 2 aliphatic rings. The molecule has 2 heterocycles. The third kappa shape index (κ3) is 2.33. The molecule has 1 spiro atoms. The molecular formula is C17H21FN2O5S. The summed E-state index contributed by atoms with van der Waals surface area (Å²) in [4.78, 5) is 25.8. The van der Waals surface area contributed by atoms with Crippen LogP contribution in [0.3, 0.4) is 0 Å². The number of hydrogen-bond acceptors (Lipinski definition) is 4. The van der Waals surface area contributed by atoms with Crippen LogP contribution in [-0.4, -0.2) is 53.2 Å². The van der Waals surface area contributed by atoms with Gasteiger partial charge in [0.25, 0.3) is 0 Å². The van der Waals surface area contributed by atoms with Crippen LogP contribution in [0.1, 0.15) is 33.6 Å². The number of piperidine rings is 1. The summed E-state index contributed by atoms with van der Waals surface area (Å²) >= 11 is 0. The van der Waals surface area contributed by atoms with E-state index in [1.165, 1.54) is 36.9 Å². The lowest BCUT2D eigenvalue weighted by atomic mass is 9.76. The highest BCUT2D eigenvalue weighted by Crippen LogP contribution is 2.49. The van der Waals surface area contributed by atoms with Gasteiger partial charge in [0, 0.05) is 12.6 Å². The van der Waals surface area contributed by atoms with Crippen molar-refractivity contribution in [3.8, 4) is 0 Å². The van der Waals surface area contributed by atoms with E-state index in [1.807, 2.05) is 0 Å². The summed E-state index contributed by atoms with van der Waals surface area (Å²) in [5.74, 6) is -1.09. The number of Topliss-reactive ketones (excluding diaryl/α,β-unsaturated/α-hetero) is 1. The number of carbonyl (C=O) groups excluding carboxylic acids is 1. The quantitative estimate of drug-likeness (QED) is 0.801. The average molecular weight is 384 g/mol. The van der Waals surface area contributed by atoms with Gasteiger partial charge in [0.1, 0.15) is 16.1 Å². The van der Waals surface area contributed by atoms with E-state index >= 15 is 0 Å². The molecule has 1 N–H and O–H groups in total. The average Bonchev–Trinajstić information content (AvgIpc) is 2.63. The largest absolute Gasteiger partial charge is 0.465 e. The maximum absolute atomic E-state index is 13.8. The topological polar surface area (TPSA) is 95.0 Å². The van der Waals surface area contributed by atoms with Gasteiger partial charge in [-0.1, -0.05) is 6.07 Å². The molecule has 1 aromatic rings. The van der Waals surface area contributed by atoms with Crippen LogP contribution >= 0.6 is 0 Å². The number of halogens is 1. The lowest BCUT2D eigenvalue weighted by molar-refractivity contribution is -0.126. The number of anilines is 1. The Kier molecular flexibility index (Phi) is 4.06. The van der Waals surface area contributed by atoms with Crippen molar-refractivity contribution < 1.29 is 27.5 Å². The Morgan fingerprint density at radius 3 is 2.54 bits per heavy atom. The molecule has 9 heteroatoms. The van der Waals surface area contributed by atoms with Crippen LogP contribution in [0.15, 0.2) is 24.3 Å². The standard InChI is InChI=1S/C17H21FN2O5S/c1-11-10-17(7-8-19(11)15(22)23)14(21)16(2,3)26(24,25)20(17)13-6-4-5-12(18)9-13/h4-6,9,11H,7-8,10H2,1-3H3,(H,22,23). The highest BCUT2D eigenvalue weighted by atomic mass is 32.2. The number of likely N-dealkylation sites (tertiary alicyclic amines) is 1. The minimum Gasteiger partial charge on any atom is -0.465 e. The number of ketones is 1. The number of sulfonamides is 1. The molecule has 1 amide bonds. The molecule has 2 unspecified atom stereocenters. The van der Waals surface area contributed by atoms with E-state index in [1.54, 1.807) is 6.92 Å². The van der Waals surface area contributed by atoms with E-state index in [2.05, 4.69) is 0 Å². The SMILES string of the molecule is CC1CC2(CCN1C(=O)O)C(=O)C(C)(C)S(=O)(=O)N2c1cccc(F)c1. The van der Waals surface area contributed by atoms with E-state index < -0.39 is 44.0 Å². The highest BCUT2D eigenvalue weighted by molar-refractivity contribution is 7.95. The smallest absolute Gasteiger partial charge is 0.407 e. The van der Waals surface area contributed by atoms with Crippen molar-refractivity contribution in [3.63, 3.8) is 0 Å². The monoisotopic (exact) mass is 384 g/mol. The third-order valence-corrected chi connectivity index (χ3v) is 7.98. The van der Waals surface area contributed by atoms with Crippen LogP contribution in [0.5, 0.6) is 0 Å². The fourth-order valence-electron chi connectivity index (χ4n) is 4.12. The highest BCUT2D eigenvalue weighted by Gasteiger charge is 2.68. The van der Waals surface area contributed by atoms with Crippen LogP contribution in [0.4, 0.5) is 14.9 Å². The number of carboxylic acid groups (broad SMARTS) is 1. The first kappa shape index (κ1) is 18.6. The second-order valence-electron chi connectivity index (χ2n) is 7.40. The summed E-state index contributed by atoms with van der Waals surface area (Å²) in [6.45, 7) is 4.36. The van der Waals surface area contributed by atoms with Gasteiger partial charge in [-0.25, -0.2) is 17.6 Å². The Hall–Kier alpha value is -2.16. The molecule has 0 bridgehead atoms. The van der Waals surface area contributed by atoms with Crippen LogP contribution in [0, 0.1) is 5.82 Å². The van der Waals surface area contributed by atoms with Crippen molar-refractivity contribution in [1.29, 1.82) is 0 Å². The number of rotatable bonds is 1. The molecule has 2 aliphatic heterocycles. The lowest BCUT2D eigenvalue weighted by Crippen LogP contribution is -2.60. The number of nitrogens with zero attached hydrogens (tertiary/aromatic N) is 2. The van der Waals surface area contributed by atoms with E-state index in [9.17, 15) is 27.5 Å². The molecule has 2 fully saturated rings. The second-order valence-corrected chi connectivity index (χ2v) is 9.74. The zero-order chi connectivity index (χ0) is 19.5. The Bertz CT molecular complexity index is 885. The van der Waals surface area contributed by atoms with Gasteiger partial charge in [0.05, 0.1) is 5.69 Å². The van der Waals surface area contributed by atoms with Crippen molar-refractivity contribution in [3.05, 3.63) is 30.1 Å². The maximum atomic E-state index is 13.8. The summed E-state index contributed by atoms with van der Waals surface area (Å²) < 4.78 is 39.5. The van der Waals surface area contributed by atoms with Crippen molar-refractivity contribution >= 4 is 27.6 Å². The van der Waals surface area contributed by atoms with Gasteiger partial charge in [0.2, 0.25) is 10.0 Å². The first-order chi connectivity index (χ1) is 11.9. The van der Waals surface area contributed by atoms with Crippen LogP contribution in [-0.2, 0) is 14.8 Å². The lowest BCUT2D eigenvalue weighted by Gasteiger charge is -2.45. The van der Waals surface area contributed by atoms with Crippen molar-refractivity contribution in [1.82, 2.24) is 4.90 Å². The Morgan fingerprint density at radius 2 is 2.00 bits per heavy atom. The molecule has 1 aromatic carbocycles. The van der Waals surface area contributed by atoms with E-state index in [0.717, 1.165) is 10.4 Å². The number of amides is 1. The van der Waals surface area contributed by atoms with Gasteiger partial charge in [-0.05, 0) is 51.8 Å². The maximum Gasteiger partial charge on any atom is 0.407 e. The van der Waals surface area contributed by atoms with Crippen LogP contribution in [0.25, 0.3) is 0 Å². The summed E-state index contributed by atoms with van der Waals surface area (Å²) in [5, 5.41) is 9.29. The van der Waals surface area contributed by atoms with Gasteiger partial charge in [-0.3, -0.25) is 9.10 Å². The fraction of sp³-hybridized carbons (Fsp3) is 0.529. The minimum absolute atomic E-state index is 0.0251. The normalized spacial score (nSPS) is 30.0. The first-order valence-electron chi connectivity index (χ1n) is 8.30. The summed E-state index contributed by atoms with van der Waals surface area (Å²) in [6.07, 6.45) is -1.06. The zero-order valence-corrected chi connectivity index (χ0v) is 15.6. The molecule has 2 atom stereocenters. The molecule has 0 aliphatic carbocycles. The minimum atomic E-state index is -4.10. The van der Waals surface area contributed by atoms with Crippen LogP contribution < -0.4 is 4.31 Å². The fourth-order valence-corrected chi connectivity index (χ4v) is 6.10. The summed E-state index contributed by atoms with van der Waals surface area (Å²) in [6, 6.07) is 4.57. The van der Waals surface area contributed by atoms with Gasteiger partial charge >= 0.3 is 6.09 Å². The molecule has 7 nitrogen and oxygen atoms in total. The van der Waals surface area contributed by atoms with Gasteiger partial charge < -0.3 is 10.0 Å². The van der Waals surface area contributed by atoms with Gasteiger partial charge in [-0.2, -0.15) is 0 Å². The molecule has 0 saturated carbocycles. The molecule has 2 saturated heterocycles. The Labute approximate surface area is 151 Å². The van der Waals surface area contributed by atoms with Gasteiger partial charge in [-0.15, -0.1) is 0 Å². The predicted octanol–water partition coefficient (Wildman–Crippen LogP) is 2.22. The van der Waals surface area contributed by atoms with E-state index in [-0.39, 0.29) is 25.1 Å². The third-order valence-electron chi connectivity index (χ3n) is 5.46. The summed E-state index contributed by atoms with van der Waals surface area (Å²) in [7, 11) is -4.10. The Balaban J connectivity index is 2.19. The molecule has 0 aromatic heterocycles. The first-order valence-corrected chi connectivity index (χ1v) is 9.74. The molecule has 26 heavy (non-hydrogen) atoms. The van der Waals surface area contributed by atoms with Crippen molar-refractivity contribution in [2.75, 3.05) is 10.8 Å². The Morgan fingerprint density at radius 1 is 1.35 bits per heavy atom. The van der Waals surface area contributed by atoms with E-state index in [4.69, 9.17) is 0 Å². The number of hydrogen-bond donors (Lipinski definition) is 1.